The molecule has 0 aliphatic rings. The number of thioether (sulfide) groups is 1. The Hall–Kier alpha value is -4.18. The maximum absolute atomic E-state index is 12.9. The molecule has 0 atom stereocenters. The number of nitrogens with zero attached hydrogens (tertiary/aromatic N) is 1. The van der Waals surface area contributed by atoms with Crippen LogP contribution in [-0.4, -0.2) is 34.2 Å². The van der Waals surface area contributed by atoms with E-state index >= 15 is 0 Å². The number of fused-ring (bicyclic) bond motifs is 1. The Morgan fingerprint density at radius 1 is 0.853 bits per heavy atom. The fourth-order valence-corrected chi connectivity index (χ4v) is 3.85. The van der Waals surface area contributed by atoms with E-state index in [2.05, 4.69) is 26.1 Å². The van der Waals surface area contributed by atoms with E-state index in [1.807, 2.05) is 36.4 Å². The van der Waals surface area contributed by atoms with Crippen LogP contribution in [0.25, 0.3) is 11.0 Å². The molecule has 0 spiro atoms. The average Bonchev–Trinajstić information content (AvgIpc) is 3.28. The first-order valence-corrected chi connectivity index (χ1v) is 11.3. The molecule has 8 nitrogen and oxygen atoms in total. The summed E-state index contributed by atoms with van der Waals surface area (Å²) in [5, 5.41) is 3.21. The van der Waals surface area contributed by atoms with Gasteiger partial charge in [0.05, 0.1) is 17.6 Å². The van der Waals surface area contributed by atoms with Crippen molar-refractivity contribution in [2.24, 2.45) is 0 Å². The van der Waals surface area contributed by atoms with Gasteiger partial charge < -0.3 is 10.3 Å². The van der Waals surface area contributed by atoms with Crippen molar-refractivity contribution >= 4 is 40.5 Å². The largest absolute Gasteiger partial charge is 0.343 e. The summed E-state index contributed by atoms with van der Waals surface area (Å²) in [7, 11) is 0. The molecule has 0 bridgehead atoms. The summed E-state index contributed by atoms with van der Waals surface area (Å²) in [4.78, 5) is 43.9. The third kappa shape index (κ3) is 5.99. The minimum atomic E-state index is -0.609. The molecule has 10 heteroatoms. The second-order valence-electron chi connectivity index (χ2n) is 7.24. The number of H-pyrrole nitrogens is 1. The third-order valence-corrected chi connectivity index (χ3v) is 5.74. The number of hydrogen-bond acceptors (Lipinski definition) is 5. The number of rotatable bonds is 7. The molecule has 0 fully saturated rings. The Morgan fingerprint density at radius 3 is 2.26 bits per heavy atom. The quantitative estimate of drug-likeness (QED) is 0.241. The predicted octanol–water partition coefficient (Wildman–Crippen LogP) is 3.19. The Labute approximate surface area is 198 Å². The van der Waals surface area contributed by atoms with E-state index in [1.54, 1.807) is 23.9 Å². The van der Waals surface area contributed by atoms with E-state index in [9.17, 15) is 18.8 Å². The lowest BCUT2D eigenvalue weighted by atomic mass is 10.1. The number of benzene rings is 3. The average molecular weight is 478 g/mol. The van der Waals surface area contributed by atoms with Gasteiger partial charge in [0.25, 0.3) is 17.7 Å². The molecule has 0 aliphatic heterocycles. The molecule has 0 saturated heterocycles. The van der Waals surface area contributed by atoms with Crippen LogP contribution < -0.4 is 16.2 Å². The topological polar surface area (TPSA) is 116 Å². The van der Waals surface area contributed by atoms with Gasteiger partial charge in [0.15, 0.2) is 5.16 Å². The van der Waals surface area contributed by atoms with Crippen LogP contribution >= 0.6 is 11.8 Å². The van der Waals surface area contributed by atoms with Crippen LogP contribution in [0.15, 0.2) is 78.0 Å². The van der Waals surface area contributed by atoms with Gasteiger partial charge in [-0.1, -0.05) is 36.0 Å². The Bertz CT molecular complexity index is 1290. The Morgan fingerprint density at radius 2 is 1.53 bits per heavy atom. The lowest BCUT2D eigenvalue weighted by Gasteiger charge is -2.09. The van der Waals surface area contributed by atoms with Crippen LogP contribution in [0.5, 0.6) is 0 Å². The van der Waals surface area contributed by atoms with Crippen molar-refractivity contribution in [1.82, 2.24) is 26.1 Å². The summed E-state index contributed by atoms with van der Waals surface area (Å²) < 4.78 is 12.9. The molecular weight excluding hydrogens is 457 g/mol. The first-order chi connectivity index (χ1) is 16.5. The van der Waals surface area contributed by atoms with Gasteiger partial charge in [-0.15, -0.1) is 0 Å². The van der Waals surface area contributed by atoms with Gasteiger partial charge in [0, 0.05) is 16.9 Å². The fourth-order valence-electron chi connectivity index (χ4n) is 3.01. The van der Waals surface area contributed by atoms with Gasteiger partial charge in [-0.25, -0.2) is 9.37 Å². The number of hydrogen-bond donors (Lipinski definition) is 4. The number of carbonyl (C=O) groups is 3. The second kappa shape index (κ2) is 10.6. The van der Waals surface area contributed by atoms with Gasteiger partial charge in [0.2, 0.25) is 0 Å². The first kappa shape index (κ1) is 23.0. The fraction of sp³-hybridized carbons (Fsp3) is 0.0833. The smallest absolute Gasteiger partial charge is 0.269 e. The molecule has 0 saturated carbocycles. The van der Waals surface area contributed by atoms with Crippen LogP contribution in [0, 0.1) is 5.82 Å². The van der Waals surface area contributed by atoms with Gasteiger partial charge >= 0.3 is 0 Å². The maximum Gasteiger partial charge on any atom is 0.269 e. The summed E-state index contributed by atoms with van der Waals surface area (Å²) in [6.45, 7) is -0.353. The van der Waals surface area contributed by atoms with Crippen molar-refractivity contribution in [3.8, 4) is 0 Å². The molecule has 4 N–H and O–H groups in total. The summed E-state index contributed by atoms with van der Waals surface area (Å²) in [5.41, 5.74) is 8.03. The highest BCUT2D eigenvalue weighted by atomic mass is 32.2. The number of halogens is 1. The molecule has 3 aromatic carbocycles. The van der Waals surface area contributed by atoms with Crippen molar-refractivity contribution in [2.45, 2.75) is 10.9 Å². The molecule has 3 amide bonds. The van der Waals surface area contributed by atoms with E-state index < -0.39 is 23.5 Å². The molecule has 172 valence electrons. The summed E-state index contributed by atoms with van der Waals surface area (Å²) >= 11 is 1.56. The standard InChI is InChI=1S/C24H20FN5O3S/c25-18-11-9-16(10-12-18)22(32)26-13-21(31)29-30-23(33)17-7-5-15(6-8-17)14-34-24-27-19-3-1-2-4-20(19)28-24/h1-12H,13-14H2,(H,26,32)(H,27,28)(H,29,31)(H,30,33). The van der Waals surface area contributed by atoms with Crippen LogP contribution in [0.2, 0.25) is 0 Å². The minimum absolute atomic E-state index is 0.219. The SMILES string of the molecule is O=C(CNC(=O)c1ccc(F)cc1)NNC(=O)c1ccc(CSc2nc3ccccc3[nH]2)cc1. The molecule has 1 heterocycles. The lowest BCUT2D eigenvalue weighted by Crippen LogP contribution is -2.46. The summed E-state index contributed by atoms with van der Waals surface area (Å²) in [6.07, 6.45) is 0. The van der Waals surface area contributed by atoms with Crippen molar-refractivity contribution in [3.05, 3.63) is 95.3 Å². The Kier molecular flexibility index (Phi) is 7.19. The highest BCUT2D eigenvalue weighted by molar-refractivity contribution is 7.98. The van der Waals surface area contributed by atoms with Gasteiger partial charge in [-0.2, -0.15) is 0 Å². The number of aromatic nitrogens is 2. The van der Waals surface area contributed by atoms with Crippen LogP contribution in [0.3, 0.4) is 0 Å². The van der Waals surface area contributed by atoms with E-state index in [4.69, 9.17) is 0 Å². The van der Waals surface area contributed by atoms with Crippen molar-refractivity contribution in [1.29, 1.82) is 0 Å². The minimum Gasteiger partial charge on any atom is -0.343 e. The van der Waals surface area contributed by atoms with E-state index in [1.165, 1.54) is 12.1 Å². The van der Waals surface area contributed by atoms with Crippen molar-refractivity contribution in [2.75, 3.05) is 6.54 Å². The number of imidazole rings is 1. The van der Waals surface area contributed by atoms with E-state index in [0.717, 1.165) is 33.9 Å². The van der Waals surface area contributed by atoms with Crippen LogP contribution in [0.1, 0.15) is 26.3 Å². The summed E-state index contributed by atoms with van der Waals surface area (Å²) in [6, 6.07) is 19.7. The molecule has 0 unspecified atom stereocenters. The number of amides is 3. The highest BCUT2D eigenvalue weighted by Gasteiger charge is 2.11. The zero-order valence-electron chi connectivity index (χ0n) is 17.8. The van der Waals surface area contributed by atoms with Gasteiger partial charge in [-0.3, -0.25) is 25.2 Å². The molecule has 4 aromatic rings. The maximum atomic E-state index is 12.9. The molecule has 1 aromatic heterocycles. The number of carbonyl (C=O) groups excluding carboxylic acids is 3. The predicted molar refractivity (Wildman–Crippen MR) is 126 cm³/mol. The normalized spacial score (nSPS) is 10.6. The zero-order valence-corrected chi connectivity index (χ0v) is 18.6. The van der Waals surface area contributed by atoms with Crippen LogP contribution in [0.4, 0.5) is 4.39 Å². The van der Waals surface area contributed by atoms with E-state index in [0.29, 0.717) is 11.3 Å². The molecule has 0 radical (unpaired) electrons. The monoisotopic (exact) mass is 477 g/mol. The van der Waals surface area contributed by atoms with Crippen molar-refractivity contribution < 1.29 is 18.8 Å². The zero-order chi connectivity index (χ0) is 23.9. The van der Waals surface area contributed by atoms with Gasteiger partial charge in [-0.05, 0) is 54.1 Å². The second-order valence-corrected chi connectivity index (χ2v) is 8.20. The van der Waals surface area contributed by atoms with Crippen LogP contribution in [-0.2, 0) is 10.5 Å². The lowest BCUT2D eigenvalue weighted by molar-refractivity contribution is -0.120. The number of para-hydroxylation sites is 2. The molecule has 4 rings (SSSR count). The number of hydrazine groups is 1. The van der Waals surface area contributed by atoms with Gasteiger partial charge in [0.1, 0.15) is 5.82 Å². The Balaban J connectivity index is 1.21. The third-order valence-electron chi connectivity index (χ3n) is 4.79. The van der Waals surface area contributed by atoms with Crippen molar-refractivity contribution in [3.63, 3.8) is 0 Å². The summed E-state index contributed by atoms with van der Waals surface area (Å²) in [5.74, 6) is -1.42. The highest BCUT2D eigenvalue weighted by Crippen LogP contribution is 2.23. The number of aromatic amines is 1. The molecule has 0 aliphatic carbocycles. The first-order valence-electron chi connectivity index (χ1n) is 10.3. The van der Waals surface area contributed by atoms with E-state index in [-0.39, 0.29) is 12.1 Å². The molecular formula is C24H20FN5O3S. The molecule has 34 heavy (non-hydrogen) atoms. The number of nitrogens with one attached hydrogen (secondary N) is 4.